The van der Waals surface area contributed by atoms with Crippen molar-refractivity contribution in [3.05, 3.63) is 41.7 Å². The Bertz CT molecular complexity index is 711. The first-order chi connectivity index (χ1) is 12.9. The van der Waals surface area contributed by atoms with Gasteiger partial charge < -0.3 is 15.4 Å². The molecule has 0 spiro atoms. The van der Waals surface area contributed by atoms with Gasteiger partial charge in [0.15, 0.2) is 0 Å². The number of ether oxygens (including phenoxy) is 1. The minimum atomic E-state index is -0.436. The number of nitrogens with two attached hydrogens (primary N) is 1. The Morgan fingerprint density at radius 2 is 1.89 bits per heavy atom. The van der Waals surface area contributed by atoms with Gasteiger partial charge >= 0.3 is 0 Å². The minimum absolute atomic E-state index is 0.429. The van der Waals surface area contributed by atoms with Crippen LogP contribution in [0.1, 0.15) is 57.3 Å². The van der Waals surface area contributed by atoms with Crippen molar-refractivity contribution in [2.45, 2.75) is 64.1 Å². The van der Waals surface area contributed by atoms with Crippen LogP contribution in [-0.2, 0) is 12.0 Å². The summed E-state index contributed by atoms with van der Waals surface area (Å²) < 4.78 is 7.25. The lowest BCUT2D eigenvalue weighted by Gasteiger charge is -2.36. The van der Waals surface area contributed by atoms with Crippen molar-refractivity contribution in [3.8, 4) is 5.75 Å². The highest BCUT2D eigenvalue weighted by molar-refractivity contribution is 5.27. The number of rotatable bonds is 7. The molecular formula is C21H33N5O. The maximum absolute atomic E-state index is 6.13. The fourth-order valence-corrected chi connectivity index (χ4v) is 3.69. The van der Waals surface area contributed by atoms with Gasteiger partial charge in [0.05, 0.1) is 24.9 Å². The van der Waals surface area contributed by atoms with Crippen molar-refractivity contribution in [1.29, 1.82) is 0 Å². The molecule has 1 fully saturated rings. The lowest BCUT2D eigenvalue weighted by Crippen LogP contribution is -2.40. The van der Waals surface area contributed by atoms with E-state index in [4.69, 9.17) is 10.5 Å². The van der Waals surface area contributed by atoms with Crippen LogP contribution in [0.4, 0.5) is 0 Å². The summed E-state index contributed by atoms with van der Waals surface area (Å²) in [6.07, 6.45) is 6.52. The lowest BCUT2D eigenvalue weighted by atomic mass is 10.00. The highest BCUT2D eigenvalue weighted by Gasteiger charge is 2.26. The van der Waals surface area contributed by atoms with Gasteiger partial charge in [-0.3, -0.25) is 0 Å². The average molecular weight is 372 g/mol. The Morgan fingerprint density at radius 3 is 2.44 bits per heavy atom. The summed E-state index contributed by atoms with van der Waals surface area (Å²) in [6.45, 7) is 8.49. The fraction of sp³-hybridized carbons (Fsp3) is 0.619. The largest absolute Gasteiger partial charge is 0.497 e. The second-order valence-electron chi connectivity index (χ2n) is 8.31. The molecule has 0 aliphatic carbocycles. The van der Waals surface area contributed by atoms with E-state index >= 15 is 0 Å². The molecule has 2 N–H and O–H groups in total. The normalized spacial score (nSPS) is 17.8. The quantitative estimate of drug-likeness (QED) is 0.810. The summed E-state index contributed by atoms with van der Waals surface area (Å²) in [4.78, 5) is 2.60. The maximum atomic E-state index is 6.13. The number of nitrogens with zero attached hydrogens (tertiary/aromatic N) is 4. The van der Waals surface area contributed by atoms with Crippen LogP contribution in [0.3, 0.4) is 0 Å². The van der Waals surface area contributed by atoms with Crippen LogP contribution in [0.15, 0.2) is 30.5 Å². The molecule has 6 heteroatoms. The Hall–Kier alpha value is -1.92. The second-order valence-corrected chi connectivity index (χ2v) is 8.31. The van der Waals surface area contributed by atoms with E-state index in [-0.39, 0.29) is 0 Å². The van der Waals surface area contributed by atoms with E-state index in [2.05, 4.69) is 34.3 Å². The topological polar surface area (TPSA) is 69.2 Å². The van der Waals surface area contributed by atoms with Crippen molar-refractivity contribution in [3.63, 3.8) is 0 Å². The second kappa shape index (κ2) is 8.40. The molecule has 1 saturated heterocycles. The first-order valence-corrected chi connectivity index (χ1v) is 9.95. The lowest BCUT2D eigenvalue weighted by molar-refractivity contribution is 0.133. The highest BCUT2D eigenvalue weighted by atomic mass is 16.5. The number of hydrogen-bond acceptors (Lipinski definition) is 5. The summed E-state index contributed by atoms with van der Waals surface area (Å²) in [5.74, 6) is 0.920. The Balaban J connectivity index is 1.47. The molecule has 0 saturated carbocycles. The summed E-state index contributed by atoms with van der Waals surface area (Å²) >= 11 is 0. The van der Waals surface area contributed by atoms with Gasteiger partial charge in [0.1, 0.15) is 11.4 Å². The summed E-state index contributed by atoms with van der Waals surface area (Å²) in [5.41, 5.74) is 7.92. The molecule has 1 aromatic carbocycles. The molecule has 0 radical (unpaired) electrons. The maximum Gasteiger partial charge on any atom is 0.118 e. The molecule has 2 heterocycles. The highest BCUT2D eigenvalue weighted by Crippen LogP contribution is 2.25. The SMILES string of the molecule is COc1ccc(CCC(C)N2CCC(n3cc(C(C)(C)N)nn3)CC2)cc1. The number of likely N-dealkylation sites (tertiary alicyclic amines) is 1. The Morgan fingerprint density at radius 1 is 1.22 bits per heavy atom. The van der Waals surface area contributed by atoms with Gasteiger partial charge in [-0.1, -0.05) is 17.3 Å². The third-order valence-corrected chi connectivity index (χ3v) is 5.68. The van der Waals surface area contributed by atoms with Crippen molar-refractivity contribution in [2.75, 3.05) is 20.2 Å². The predicted octanol–water partition coefficient (Wildman–Crippen LogP) is 3.14. The van der Waals surface area contributed by atoms with Gasteiger partial charge in [0.2, 0.25) is 0 Å². The summed E-state index contributed by atoms with van der Waals surface area (Å²) in [6, 6.07) is 9.43. The number of methoxy groups -OCH3 is 1. The fourth-order valence-electron chi connectivity index (χ4n) is 3.69. The third kappa shape index (κ3) is 5.08. The predicted molar refractivity (Wildman–Crippen MR) is 108 cm³/mol. The number of aryl methyl sites for hydroxylation is 1. The Kier molecular flexibility index (Phi) is 6.17. The third-order valence-electron chi connectivity index (χ3n) is 5.68. The van der Waals surface area contributed by atoms with E-state index in [9.17, 15) is 0 Å². The molecule has 148 valence electrons. The van der Waals surface area contributed by atoms with Crippen LogP contribution >= 0.6 is 0 Å². The molecule has 1 aromatic heterocycles. The number of benzene rings is 1. The van der Waals surface area contributed by atoms with Gasteiger partial charge in [0.25, 0.3) is 0 Å². The van der Waals surface area contributed by atoms with Crippen molar-refractivity contribution >= 4 is 0 Å². The molecule has 0 amide bonds. The molecule has 1 unspecified atom stereocenters. The first kappa shape index (κ1) is 19.8. The van der Waals surface area contributed by atoms with Gasteiger partial charge in [-0.25, -0.2) is 4.68 Å². The van der Waals surface area contributed by atoms with E-state index in [1.807, 2.05) is 36.9 Å². The van der Waals surface area contributed by atoms with Crippen molar-refractivity contribution in [1.82, 2.24) is 19.9 Å². The monoisotopic (exact) mass is 371 g/mol. The van der Waals surface area contributed by atoms with Gasteiger partial charge in [-0.15, -0.1) is 5.10 Å². The zero-order valence-electron chi connectivity index (χ0n) is 17.1. The Labute approximate surface area is 162 Å². The zero-order valence-corrected chi connectivity index (χ0v) is 17.1. The number of aromatic nitrogens is 3. The number of piperidine rings is 1. The van der Waals surface area contributed by atoms with Crippen LogP contribution in [0, 0.1) is 0 Å². The van der Waals surface area contributed by atoms with Gasteiger partial charge in [-0.05, 0) is 64.2 Å². The summed E-state index contributed by atoms with van der Waals surface area (Å²) in [5, 5.41) is 8.58. The van der Waals surface area contributed by atoms with Gasteiger partial charge in [0, 0.05) is 19.1 Å². The molecule has 1 aliphatic heterocycles. The van der Waals surface area contributed by atoms with E-state index in [0.717, 1.165) is 43.8 Å². The van der Waals surface area contributed by atoms with Gasteiger partial charge in [-0.2, -0.15) is 0 Å². The number of hydrogen-bond donors (Lipinski definition) is 1. The molecule has 1 aliphatic rings. The molecule has 27 heavy (non-hydrogen) atoms. The van der Waals surface area contributed by atoms with E-state index in [1.165, 1.54) is 12.0 Å². The average Bonchev–Trinajstić information content (AvgIpc) is 3.17. The van der Waals surface area contributed by atoms with Crippen LogP contribution in [0.25, 0.3) is 0 Å². The van der Waals surface area contributed by atoms with Crippen molar-refractivity contribution < 1.29 is 4.74 Å². The molecule has 6 nitrogen and oxygen atoms in total. The van der Waals surface area contributed by atoms with E-state index in [0.29, 0.717) is 12.1 Å². The van der Waals surface area contributed by atoms with Crippen LogP contribution in [0.5, 0.6) is 5.75 Å². The zero-order chi connectivity index (χ0) is 19.4. The van der Waals surface area contributed by atoms with Crippen LogP contribution in [-0.4, -0.2) is 46.1 Å². The molecule has 0 bridgehead atoms. The summed E-state index contributed by atoms with van der Waals surface area (Å²) in [7, 11) is 1.71. The standard InChI is InChI=1S/C21H33N5O/c1-16(5-6-17-7-9-19(27-4)10-8-17)25-13-11-18(12-14-25)26-15-20(23-24-26)21(2,3)22/h7-10,15-16,18H,5-6,11-14,22H2,1-4H3. The van der Waals surface area contributed by atoms with Crippen LogP contribution < -0.4 is 10.5 Å². The van der Waals surface area contributed by atoms with Crippen molar-refractivity contribution in [2.24, 2.45) is 5.73 Å². The van der Waals surface area contributed by atoms with E-state index in [1.54, 1.807) is 7.11 Å². The molecule has 3 rings (SSSR count). The smallest absolute Gasteiger partial charge is 0.118 e. The molecular weight excluding hydrogens is 338 g/mol. The first-order valence-electron chi connectivity index (χ1n) is 9.95. The molecule has 1 atom stereocenters. The minimum Gasteiger partial charge on any atom is -0.497 e. The van der Waals surface area contributed by atoms with E-state index < -0.39 is 5.54 Å². The van der Waals surface area contributed by atoms with Crippen LogP contribution in [0.2, 0.25) is 0 Å². The molecule has 2 aromatic rings.